The fourth-order valence-corrected chi connectivity index (χ4v) is 4.25. The predicted molar refractivity (Wildman–Crippen MR) is 124 cm³/mol. The molecular formula is C24H35N5O3. The molecular weight excluding hydrogens is 406 g/mol. The number of oxazole rings is 1. The van der Waals surface area contributed by atoms with Crippen LogP contribution in [0.1, 0.15) is 30.2 Å². The van der Waals surface area contributed by atoms with Gasteiger partial charge in [-0.1, -0.05) is 32.0 Å². The van der Waals surface area contributed by atoms with E-state index in [1.165, 1.54) is 12.0 Å². The normalized spacial score (nSPS) is 19.5. The molecule has 1 aromatic heterocycles. The first-order valence-electron chi connectivity index (χ1n) is 11.7. The summed E-state index contributed by atoms with van der Waals surface area (Å²) < 4.78 is 5.63. The molecule has 8 heteroatoms. The zero-order chi connectivity index (χ0) is 22.5. The van der Waals surface area contributed by atoms with Crippen LogP contribution in [-0.4, -0.2) is 95.7 Å². The lowest BCUT2D eigenvalue weighted by atomic mass is 10.1. The van der Waals surface area contributed by atoms with E-state index in [2.05, 4.69) is 31.8 Å². The molecule has 0 unspecified atom stereocenters. The second kappa shape index (κ2) is 10.5. The van der Waals surface area contributed by atoms with Crippen molar-refractivity contribution in [1.82, 2.24) is 19.7 Å². The van der Waals surface area contributed by atoms with Crippen LogP contribution in [0.3, 0.4) is 0 Å². The Kier molecular flexibility index (Phi) is 7.44. The molecule has 0 bridgehead atoms. The van der Waals surface area contributed by atoms with Gasteiger partial charge in [0.1, 0.15) is 6.26 Å². The average Bonchev–Trinajstić information content (AvgIpc) is 3.29. The van der Waals surface area contributed by atoms with E-state index < -0.39 is 0 Å². The van der Waals surface area contributed by atoms with Gasteiger partial charge in [-0.15, -0.1) is 0 Å². The van der Waals surface area contributed by atoms with Gasteiger partial charge in [-0.3, -0.25) is 14.6 Å². The molecule has 2 aliphatic heterocycles. The number of β-amino-alcohol motifs (C(OH)–C–C–N with tert-alkyl or cyclic N) is 1. The number of benzene rings is 1. The first-order valence-corrected chi connectivity index (χ1v) is 11.7. The highest BCUT2D eigenvalue weighted by molar-refractivity contribution is 5.92. The van der Waals surface area contributed by atoms with Crippen molar-refractivity contribution in [2.24, 2.45) is 5.92 Å². The number of amides is 1. The number of hydrogen-bond acceptors (Lipinski definition) is 7. The summed E-state index contributed by atoms with van der Waals surface area (Å²) >= 11 is 0. The first kappa shape index (κ1) is 22.8. The third kappa shape index (κ3) is 5.68. The van der Waals surface area contributed by atoms with Crippen LogP contribution in [0.4, 0.5) is 5.69 Å². The molecule has 0 saturated carbocycles. The van der Waals surface area contributed by atoms with Gasteiger partial charge in [0, 0.05) is 64.6 Å². The minimum atomic E-state index is -0.281. The van der Waals surface area contributed by atoms with Crippen molar-refractivity contribution in [3.05, 3.63) is 48.2 Å². The Morgan fingerprint density at radius 3 is 2.31 bits per heavy atom. The van der Waals surface area contributed by atoms with Gasteiger partial charge < -0.3 is 19.3 Å². The highest BCUT2D eigenvalue weighted by Gasteiger charge is 2.26. The Hall–Kier alpha value is -2.42. The lowest BCUT2D eigenvalue weighted by Gasteiger charge is -2.35. The van der Waals surface area contributed by atoms with E-state index in [1.807, 2.05) is 36.9 Å². The third-order valence-electron chi connectivity index (χ3n) is 6.50. The number of anilines is 1. The van der Waals surface area contributed by atoms with Crippen LogP contribution in [0.15, 0.2) is 41.0 Å². The minimum Gasteiger partial charge on any atom is -0.447 e. The standard InChI is InChI=1S/C24H35N5O3/c1-19(2)22(30)16-26-8-10-27(11-9-26)17-23-25-21(18-32-23)24(31)29-14-12-28(13-15-29)20-6-4-3-5-7-20/h3-7,18-19,22,30H,8-17H2,1-2H3/t22-/m0/s1. The summed E-state index contributed by atoms with van der Waals surface area (Å²) in [6.45, 7) is 12.1. The van der Waals surface area contributed by atoms with Crippen LogP contribution >= 0.6 is 0 Å². The van der Waals surface area contributed by atoms with Crippen LogP contribution in [0, 0.1) is 5.92 Å². The first-order chi connectivity index (χ1) is 15.5. The van der Waals surface area contributed by atoms with E-state index in [9.17, 15) is 9.90 Å². The maximum atomic E-state index is 12.9. The molecule has 2 saturated heterocycles. The van der Waals surface area contributed by atoms with Crippen molar-refractivity contribution in [3.8, 4) is 0 Å². The Morgan fingerprint density at radius 2 is 1.66 bits per heavy atom. The highest BCUT2D eigenvalue weighted by atomic mass is 16.3. The van der Waals surface area contributed by atoms with Gasteiger partial charge in [-0.25, -0.2) is 4.98 Å². The lowest BCUT2D eigenvalue weighted by molar-refractivity contribution is 0.0463. The van der Waals surface area contributed by atoms with E-state index in [4.69, 9.17) is 4.42 Å². The number of piperazine rings is 2. The molecule has 2 fully saturated rings. The van der Waals surface area contributed by atoms with Gasteiger partial charge in [0.25, 0.3) is 5.91 Å². The molecule has 0 spiro atoms. The van der Waals surface area contributed by atoms with Crippen LogP contribution in [0.2, 0.25) is 0 Å². The number of aliphatic hydroxyl groups is 1. The molecule has 1 atom stereocenters. The Balaban J connectivity index is 1.23. The van der Waals surface area contributed by atoms with Crippen LogP contribution < -0.4 is 4.90 Å². The Morgan fingerprint density at radius 1 is 1.00 bits per heavy atom. The maximum Gasteiger partial charge on any atom is 0.275 e. The van der Waals surface area contributed by atoms with Crippen LogP contribution in [0.5, 0.6) is 0 Å². The zero-order valence-electron chi connectivity index (χ0n) is 19.2. The van der Waals surface area contributed by atoms with E-state index in [-0.39, 0.29) is 17.9 Å². The number of nitrogens with zero attached hydrogens (tertiary/aromatic N) is 5. The fraction of sp³-hybridized carbons (Fsp3) is 0.583. The van der Waals surface area contributed by atoms with Crippen molar-refractivity contribution in [1.29, 1.82) is 0 Å². The largest absolute Gasteiger partial charge is 0.447 e. The van der Waals surface area contributed by atoms with Crippen molar-refractivity contribution in [3.63, 3.8) is 0 Å². The zero-order valence-corrected chi connectivity index (χ0v) is 19.2. The molecule has 2 aliphatic rings. The molecule has 2 aromatic rings. The van der Waals surface area contributed by atoms with E-state index in [0.717, 1.165) is 45.8 Å². The van der Waals surface area contributed by atoms with Crippen molar-refractivity contribution in [2.75, 3.05) is 63.8 Å². The molecule has 4 rings (SSSR count). The van der Waals surface area contributed by atoms with Gasteiger partial charge in [0.15, 0.2) is 5.69 Å². The highest BCUT2D eigenvalue weighted by Crippen LogP contribution is 2.17. The Bertz CT molecular complexity index is 856. The quantitative estimate of drug-likeness (QED) is 0.702. The van der Waals surface area contributed by atoms with Gasteiger partial charge in [-0.05, 0) is 18.1 Å². The van der Waals surface area contributed by atoms with Crippen molar-refractivity contribution >= 4 is 11.6 Å². The minimum absolute atomic E-state index is 0.0554. The van der Waals surface area contributed by atoms with Crippen LogP contribution in [0.25, 0.3) is 0 Å². The summed E-state index contributed by atoms with van der Waals surface area (Å²) in [5, 5.41) is 10.1. The lowest BCUT2D eigenvalue weighted by Crippen LogP contribution is -2.49. The second-order valence-corrected chi connectivity index (χ2v) is 9.13. The van der Waals surface area contributed by atoms with Crippen molar-refractivity contribution in [2.45, 2.75) is 26.5 Å². The maximum absolute atomic E-state index is 12.9. The molecule has 174 valence electrons. The molecule has 1 aromatic carbocycles. The topological polar surface area (TPSA) is 76.3 Å². The van der Waals surface area contributed by atoms with Gasteiger partial charge >= 0.3 is 0 Å². The van der Waals surface area contributed by atoms with Gasteiger partial charge in [0.05, 0.1) is 12.6 Å². The summed E-state index contributed by atoms with van der Waals surface area (Å²) in [6, 6.07) is 10.3. The summed E-state index contributed by atoms with van der Waals surface area (Å²) in [4.78, 5) is 26.1. The second-order valence-electron chi connectivity index (χ2n) is 9.13. The molecule has 1 amide bonds. The van der Waals surface area contributed by atoms with E-state index in [0.29, 0.717) is 31.2 Å². The molecule has 8 nitrogen and oxygen atoms in total. The SMILES string of the molecule is CC(C)[C@@H](O)CN1CCN(Cc2nc(C(=O)N3CCN(c4ccccc4)CC3)co2)CC1. The number of aromatic nitrogens is 1. The fourth-order valence-electron chi connectivity index (χ4n) is 4.25. The smallest absolute Gasteiger partial charge is 0.275 e. The molecule has 3 heterocycles. The van der Waals surface area contributed by atoms with Crippen molar-refractivity contribution < 1.29 is 14.3 Å². The molecule has 0 aliphatic carbocycles. The average molecular weight is 442 g/mol. The summed E-state index contributed by atoms with van der Waals surface area (Å²) in [7, 11) is 0. The third-order valence-corrected chi connectivity index (χ3v) is 6.50. The predicted octanol–water partition coefficient (Wildman–Crippen LogP) is 1.77. The van der Waals surface area contributed by atoms with E-state index in [1.54, 1.807) is 0 Å². The summed E-state index contributed by atoms with van der Waals surface area (Å²) in [5.74, 6) is 0.810. The molecule has 0 radical (unpaired) electrons. The number of carbonyl (C=O) groups excluding carboxylic acids is 1. The Labute approximate surface area is 190 Å². The number of hydrogen-bond donors (Lipinski definition) is 1. The summed E-state index contributed by atoms with van der Waals surface area (Å²) in [6.07, 6.45) is 1.22. The molecule has 32 heavy (non-hydrogen) atoms. The monoisotopic (exact) mass is 441 g/mol. The number of carbonyl (C=O) groups is 1. The van der Waals surface area contributed by atoms with Gasteiger partial charge in [0.2, 0.25) is 5.89 Å². The summed E-state index contributed by atoms with van der Waals surface area (Å²) in [5.41, 5.74) is 1.59. The molecule has 1 N–H and O–H groups in total. The van der Waals surface area contributed by atoms with Crippen LogP contribution in [-0.2, 0) is 6.54 Å². The number of para-hydroxylation sites is 1. The van der Waals surface area contributed by atoms with Gasteiger partial charge in [-0.2, -0.15) is 0 Å². The number of aliphatic hydroxyl groups excluding tert-OH is 1. The van der Waals surface area contributed by atoms with E-state index >= 15 is 0 Å². The number of rotatable bonds is 7.